The van der Waals surface area contributed by atoms with Gasteiger partial charge in [-0.2, -0.15) is 5.10 Å². The quantitative estimate of drug-likeness (QED) is 0.887. The van der Waals surface area contributed by atoms with Crippen molar-refractivity contribution in [3.8, 4) is 10.7 Å². The first-order chi connectivity index (χ1) is 9.95. The molecule has 0 spiro atoms. The predicted molar refractivity (Wildman–Crippen MR) is 85.6 cm³/mol. The van der Waals surface area contributed by atoms with Crippen LogP contribution in [0.15, 0.2) is 16.9 Å². The van der Waals surface area contributed by atoms with Crippen LogP contribution >= 0.6 is 11.3 Å². The third-order valence-corrected chi connectivity index (χ3v) is 3.61. The van der Waals surface area contributed by atoms with E-state index in [1.165, 1.54) is 22.1 Å². The van der Waals surface area contributed by atoms with E-state index >= 15 is 0 Å². The standard InChI is InChI=1S/C14H21N5OS/c1-9(2)7-15-14-17-16-13(21-14)11-5-6-12(20)19(18-11)8-10(3)4/h5-6,9-10H,7-8H2,1-4H3,(H,15,17). The van der Waals surface area contributed by atoms with Crippen molar-refractivity contribution in [3.05, 3.63) is 22.5 Å². The van der Waals surface area contributed by atoms with Crippen LogP contribution in [0.1, 0.15) is 27.7 Å². The van der Waals surface area contributed by atoms with Gasteiger partial charge >= 0.3 is 0 Å². The highest BCUT2D eigenvalue weighted by Crippen LogP contribution is 2.24. The number of nitrogens with zero attached hydrogens (tertiary/aromatic N) is 4. The van der Waals surface area contributed by atoms with Crippen molar-refractivity contribution in [3.63, 3.8) is 0 Å². The summed E-state index contributed by atoms with van der Waals surface area (Å²) < 4.78 is 1.49. The molecule has 0 saturated heterocycles. The van der Waals surface area contributed by atoms with Crippen molar-refractivity contribution < 1.29 is 0 Å². The molecule has 0 aliphatic carbocycles. The second kappa shape index (κ2) is 6.80. The average Bonchev–Trinajstić information content (AvgIpc) is 2.87. The van der Waals surface area contributed by atoms with Crippen LogP contribution in [0, 0.1) is 11.8 Å². The molecule has 6 nitrogen and oxygen atoms in total. The summed E-state index contributed by atoms with van der Waals surface area (Å²) in [5.74, 6) is 0.909. The third kappa shape index (κ3) is 4.35. The molecule has 21 heavy (non-hydrogen) atoms. The summed E-state index contributed by atoms with van der Waals surface area (Å²) in [6.45, 7) is 9.84. The molecule has 0 unspecified atom stereocenters. The summed E-state index contributed by atoms with van der Waals surface area (Å²) in [5, 5.41) is 17.4. The van der Waals surface area contributed by atoms with Crippen LogP contribution < -0.4 is 10.9 Å². The Balaban J connectivity index is 2.20. The molecule has 0 saturated carbocycles. The van der Waals surface area contributed by atoms with Crippen molar-refractivity contribution >= 4 is 16.5 Å². The number of nitrogens with one attached hydrogen (secondary N) is 1. The number of anilines is 1. The van der Waals surface area contributed by atoms with Gasteiger partial charge in [-0.15, -0.1) is 10.2 Å². The molecule has 0 radical (unpaired) electrons. The van der Waals surface area contributed by atoms with Gasteiger partial charge in [0.2, 0.25) is 5.13 Å². The average molecular weight is 307 g/mol. The summed E-state index contributed by atoms with van der Waals surface area (Å²) in [7, 11) is 0. The highest BCUT2D eigenvalue weighted by Gasteiger charge is 2.10. The van der Waals surface area contributed by atoms with Gasteiger partial charge in [0, 0.05) is 19.2 Å². The first-order valence-electron chi connectivity index (χ1n) is 7.11. The van der Waals surface area contributed by atoms with Gasteiger partial charge in [-0.25, -0.2) is 4.68 Å². The lowest BCUT2D eigenvalue weighted by Gasteiger charge is -2.07. The molecule has 2 aromatic rings. The molecule has 2 heterocycles. The fourth-order valence-corrected chi connectivity index (χ4v) is 2.44. The topological polar surface area (TPSA) is 72.7 Å². The number of hydrogen-bond acceptors (Lipinski definition) is 6. The first kappa shape index (κ1) is 15.6. The minimum absolute atomic E-state index is 0.0879. The van der Waals surface area contributed by atoms with Gasteiger partial charge in [0.15, 0.2) is 5.01 Å². The Labute approximate surface area is 128 Å². The maximum Gasteiger partial charge on any atom is 0.266 e. The highest BCUT2D eigenvalue weighted by atomic mass is 32.1. The number of hydrogen-bond donors (Lipinski definition) is 1. The molecule has 2 aromatic heterocycles. The van der Waals surface area contributed by atoms with E-state index in [0.29, 0.717) is 24.1 Å². The van der Waals surface area contributed by atoms with Crippen LogP contribution in [0.5, 0.6) is 0 Å². The van der Waals surface area contributed by atoms with Gasteiger partial charge in [0.25, 0.3) is 5.56 Å². The molecule has 0 fully saturated rings. The zero-order valence-corrected chi connectivity index (χ0v) is 13.6. The number of aromatic nitrogens is 4. The van der Waals surface area contributed by atoms with Crippen LogP contribution in [0.3, 0.4) is 0 Å². The molecule has 0 amide bonds. The van der Waals surface area contributed by atoms with Gasteiger partial charge in [0.1, 0.15) is 5.69 Å². The lowest BCUT2D eigenvalue weighted by atomic mass is 10.2. The Bertz CT molecular complexity index is 647. The zero-order valence-electron chi connectivity index (χ0n) is 12.8. The Morgan fingerprint density at radius 3 is 2.62 bits per heavy atom. The zero-order chi connectivity index (χ0) is 15.4. The molecule has 1 N–H and O–H groups in total. The summed E-state index contributed by atoms with van der Waals surface area (Å²) in [6.07, 6.45) is 0. The second-order valence-corrected chi connectivity index (χ2v) is 6.80. The highest BCUT2D eigenvalue weighted by molar-refractivity contribution is 7.18. The fraction of sp³-hybridized carbons (Fsp3) is 0.571. The molecule has 0 aliphatic heterocycles. The van der Waals surface area contributed by atoms with Gasteiger partial charge < -0.3 is 5.32 Å². The van der Waals surface area contributed by atoms with Crippen molar-refractivity contribution in [1.29, 1.82) is 0 Å². The summed E-state index contributed by atoms with van der Waals surface area (Å²) in [5.41, 5.74) is 0.598. The SMILES string of the molecule is CC(C)CNc1nnc(-c2ccc(=O)n(CC(C)C)n2)s1. The minimum atomic E-state index is -0.0879. The molecule has 0 aliphatic rings. The van der Waals surface area contributed by atoms with E-state index in [0.717, 1.165) is 16.7 Å². The molecular formula is C14H21N5OS. The van der Waals surface area contributed by atoms with E-state index in [4.69, 9.17) is 0 Å². The van der Waals surface area contributed by atoms with Gasteiger partial charge in [-0.05, 0) is 17.9 Å². The smallest absolute Gasteiger partial charge is 0.266 e. The summed E-state index contributed by atoms with van der Waals surface area (Å²) >= 11 is 1.45. The van der Waals surface area contributed by atoms with E-state index in [9.17, 15) is 4.79 Å². The second-order valence-electron chi connectivity index (χ2n) is 5.82. The van der Waals surface area contributed by atoms with E-state index in [-0.39, 0.29) is 5.56 Å². The summed E-state index contributed by atoms with van der Waals surface area (Å²) in [4.78, 5) is 11.8. The van der Waals surface area contributed by atoms with Crippen LogP contribution in [0.25, 0.3) is 10.7 Å². The van der Waals surface area contributed by atoms with Crippen molar-refractivity contribution in [1.82, 2.24) is 20.0 Å². The largest absolute Gasteiger partial charge is 0.360 e. The summed E-state index contributed by atoms with van der Waals surface area (Å²) in [6, 6.07) is 3.24. The predicted octanol–water partition coefficient (Wildman–Crippen LogP) is 2.49. The van der Waals surface area contributed by atoms with Crippen molar-refractivity contribution in [2.24, 2.45) is 11.8 Å². The van der Waals surface area contributed by atoms with Gasteiger partial charge in [-0.3, -0.25) is 4.79 Å². The van der Waals surface area contributed by atoms with Crippen LogP contribution in [0.4, 0.5) is 5.13 Å². The molecule has 114 valence electrons. The Morgan fingerprint density at radius 1 is 1.19 bits per heavy atom. The van der Waals surface area contributed by atoms with Crippen LogP contribution in [-0.4, -0.2) is 26.5 Å². The monoisotopic (exact) mass is 307 g/mol. The van der Waals surface area contributed by atoms with Crippen molar-refractivity contribution in [2.75, 3.05) is 11.9 Å². The van der Waals surface area contributed by atoms with E-state index in [1.807, 2.05) is 0 Å². The molecular weight excluding hydrogens is 286 g/mol. The molecule has 0 bridgehead atoms. The van der Waals surface area contributed by atoms with Crippen molar-refractivity contribution in [2.45, 2.75) is 34.2 Å². The molecule has 0 aromatic carbocycles. The van der Waals surface area contributed by atoms with E-state index in [1.54, 1.807) is 6.07 Å². The molecule has 7 heteroatoms. The lowest BCUT2D eigenvalue weighted by molar-refractivity contribution is 0.465. The molecule has 2 rings (SSSR count). The number of rotatable bonds is 6. The Kier molecular flexibility index (Phi) is 5.06. The minimum Gasteiger partial charge on any atom is -0.360 e. The lowest BCUT2D eigenvalue weighted by Crippen LogP contribution is -2.24. The first-order valence-corrected chi connectivity index (χ1v) is 7.93. The third-order valence-electron chi connectivity index (χ3n) is 2.71. The maximum atomic E-state index is 11.8. The van der Waals surface area contributed by atoms with E-state index < -0.39 is 0 Å². The molecule has 0 atom stereocenters. The van der Waals surface area contributed by atoms with Crippen LogP contribution in [-0.2, 0) is 6.54 Å². The van der Waals surface area contributed by atoms with E-state index in [2.05, 4.69) is 48.3 Å². The van der Waals surface area contributed by atoms with Crippen LogP contribution in [0.2, 0.25) is 0 Å². The maximum absolute atomic E-state index is 11.8. The Morgan fingerprint density at radius 2 is 1.95 bits per heavy atom. The van der Waals surface area contributed by atoms with Gasteiger partial charge in [0.05, 0.1) is 0 Å². The van der Waals surface area contributed by atoms with Gasteiger partial charge in [-0.1, -0.05) is 39.0 Å². The fourth-order valence-electron chi connectivity index (χ4n) is 1.73. The Hall–Kier alpha value is -1.76. The normalized spacial score (nSPS) is 11.3.